The fraction of sp³-hybridized carbons (Fsp3) is 0.400. The van der Waals surface area contributed by atoms with Gasteiger partial charge < -0.3 is 19.4 Å². The minimum atomic E-state index is -0.461. The van der Waals surface area contributed by atoms with Crippen molar-refractivity contribution in [1.82, 2.24) is 9.88 Å². The summed E-state index contributed by atoms with van der Waals surface area (Å²) in [5, 5.41) is 11.4. The van der Waals surface area contributed by atoms with Crippen molar-refractivity contribution in [2.24, 2.45) is 0 Å². The molecule has 0 bridgehead atoms. The summed E-state index contributed by atoms with van der Waals surface area (Å²) >= 11 is 0. The van der Waals surface area contributed by atoms with Crippen LogP contribution in [0.1, 0.15) is 10.5 Å². The first kappa shape index (κ1) is 16.9. The van der Waals surface area contributed by atoms with Crippen molar-refractivity contribution < 1.29 is 19.2 Å². The lowest BCUT2D eigenvalue weighted by molar-refractivity contribution is -0.384. The molecule has 2 aromatic rings. The van der Waals surface area contributed by atoms with Gasteiger partial charge in [-0.1, -0.05) is 0 Å². The molecule has 0 saturated heterocycles. The highest BCUT2D eigenvalue weighted by Gasteiger charge is 2.18. The van der Waals surface area contributed by atoms with E-state index in [0.717, 1.165) is 0 Å². The number of nitro benzene ring substituents is 1. The third-order valence-corrected chi connectivity index (χ3v) is 3.46. The van der Waals surface area contributed by atoms with E-state index < -0.39 is 4.92 Å². The lowest BCUT2D eigenvalue weighted by atomic mass is 10.2. The molecule has 1 heterocycles. The van der Waals surface area contributed by atoms with Crippen molar-refractivity contribution in [2.45, 2.75) is 0 Å². The maximum absolute atomic E-state index is 12.6. The van der Waals surface area contributed by atoms with Gasteiger partial charge in [-0.25, -0.2) is 0 Å². The zero-order chi connectivity index (χ0) is 16.8. The summed E-state index contributed by atoms with van der Waals surface area (Å²) in [6.45, 7) is 1.71. The van der Waals surface area contributed by atoms with Crippen LogP contribution in [0.5, 0.6) is 0 Å². The molecule has 0 aliphatic rings. The first-order valence-corrected chi connectivity index (χ1v) is 7.11. The minimum Gasteiger partial charge on any atom is -0.383 e. The number of non-ortho nitro benzene ring substituents is 1. The van der Waals surface area contributed by atoms with Gasteiger partial charge in [0.15, 0.2) is 0 Å². The number of amides is 1. The van der Waals surface area contributed by atoms with Gasteiger partial charge in [-0.3, -0.25) is 14.9 Å². The van der Waals surface area contributed by atoms with Crippen molar-refractivity contribution >= 4 is 22.5 Å². The molecule has 0 aliphatic carbocycles. The second kappa shape index (κ2) is 7.70. The summed E-state index contributed by atoms with van der Waals surface area (Å²) in [5.74, 6) is -0.196. The second-order valence-electron chi connectivity index (χ2n) is 4.99. The Morgan fingerprint density at radius 1 is 1.22 bits per heavy atom. The molecule has 23 heavy (non-hydrogen) atoms. The number of hydrogen-bond donors (Lipinski definition) is 1. The molecular weight excluding hydrogens is 302 g/mol. The van der Waals surface area contributed by atoms with E-state index >= 15 is 0 Å². The number of aromatic amines is 1. The molecule has 0 fully saturated rings. The van der Waals surface area contributed by atoms with E-state index in [2.05, 4.69) is 4.98 Å². The van der Waals surface area contributed by atoms with Gasteiger partial charge in [-0.05, 0) is 12.1 Å². The summed E-state index contributed by atoms with van der Waals surface area (Å²) < 4.78 is 10.0. The average molecular weight is 321 g/mol. The third kappa shape index (κ3) is 4.05. The molecule has 2 rings (SSSR count). The van der Waals surface area contributed by atoms with Gasteiger partial charge in [0.1, 0.15) is 5.69 Å². The average Bonchev–Trinajstić information content (AvgIpc) is 2.97. The molecule has 1 N–H and O–H groups in total. The molecule has 1 amide bonds. The van der Waals surface area contributed by atoms with E-state index in [1.165, 1.54) is 12.1 Å². The fourth-order valence-corrected chi connectivity index (χ4v) is 2.24. The monoisotopic (exact) mass is 321 g/mol. The Kier molecular flexibility index (Phi) is 5.67. The van der Waals surface area contributed by atoms with Crippen LogP contribution in [0.4, 0.5) is 5.69 Å². The summed E-state index contributed by atoms with van der Waals surface area (Å²) in [4.78, 5) is 27.6. The van der Waals surface area contributed by atoms with Gasteiger partial charge in [-0.2, -0.15) is 0 Å². The number of nitrogens with one attached hydrogen (secondary N) is 1. The highest BCUT2D eigenvalue weighted by atomic mass is 16.6. The Balaban J connectivity index is 2.25. The summed E-state index contributed by atoms with van der Waals surface area (Å²) in [5.41, 5.74) is 1.05. The number of H-pyrrole nitrogens is 1. The number of nitrogens with zero attached hydrogens (tertiary/aromatic N) is 2. The van der Waals surface area contributed by atoms with Gasteiger partial charge in [-0.15, -0.1) is 0 Å². The van der Waals surface area contributed by atoms with Crippen LogP contribution in [0.3, 0.4) is 0 Å². The van der Waals surface area contributed by atoms with Crippen LogP contribution in [0.2, 0.25) is 0 Å². The molecule has 1 aromatic carbocycles. The number of fused-ring (bicyclic) bond motifs is 1. The van der Waals surface area contributed by atoms with Crippen LogP contribution in [-0.4, -0.2) is 61.2 Å². The standard InChI is InChI=1S/C15H19N3O5/c1-22-7-5-17(6-8-23-2)15(19)14-10-11-9-12(18(20)21)3-4-13(11)16-14/h3-4,9-10,16H,5-8H2,1-2H3. The number of methoxy groups -OCH3 is 2. The van der Waals surface area contributed by atoms with Crippen LogP contribution in [0.15, 0.2) is 24.3 Å². The summed E-state index contributed by atoms with van der Waals surface area (Å²) in [6, 6.07) is 6.06. The van der Waals surface area contributed by atoms with Crippen LogP contribution in [-0.2, 0) is 9.47 Å². The predicted molar refractivity (Wildman–Crippen MR) is 84.6 cm³/mol. The molecular formula is C15H19N3O5. The van der Waals surface area contributed by atoms with Crippen LogP contribution >= 0.6 is 0 Å². The van der Waals surface area contributed by atoms with Crippen molar-refractivity contribution in [2.75, 3.05) is 40.5 Å². The zero-order valence-electron chi connectivity index (χ0n) is 13.1. The Morgan fingerprint density at radius 2 is 1.87 bits per heavy atom. The van der Waals surface area contributed by atoms with E-state index in [0.29, 0.717) is 42.9 Å². The maximum Gasteiger partial charge on any atom is 0.270 e. The number of carbonyl (C=O) groups is 1. The molecule has 8 heteroatoms. The largest absolute Gasteiger partial charge is 0.383 e. The Bertz CT molecular complexity index is 689. The van der Waals surface area contributed by atoms with Gasteiger partial charge in [0, 0.05) is 50.3 Å². The first-order chi connectivity index (χ1) is 11.1. The maximum atomic E-state index is 12.6. The summed E-state index contributed by atoms with van der Waals surface area (Å²) in [7, 11) is 3.14. The second-order valence-corrected chi connectivity index (χ2v) is 4.99. The van der Waals surface area contributed by atoms with E-state index in [4.69, 9.17) is 9.47 Å². The molecule has 0 atom stereocenters. The Labute approximate surface area is 133 Å². The number of carbonyl (C=O) groups excluding carboxylic acids is 1. The highest BCUT2D eigenvalue weighted by molar-refractivity contribution is 5.98. The van der Waals surface area contributed by atoms with Crippen molar-refractivity contribution in [3.05, 3.63) is 40.1 Å². The Hall–Kier alpha value is -2.45. The number of nitro groups is 1. The normalized spacial score (nSPS) is 10.9. The number of rotatable bonds is 8. The molecule has 0 saturated carbocycles. The summed E-state index contributed by atoms with van der Waals surface area (Å²) in [6.07, 6.45) is 0. The molecule has 0 aliphatic heterocycles. The topological polar surface area (TPSA) is 97.7 Å². The first-order valence-electron chi connectivity index (χ1n) is 7.11. The van der Waals surface area contributed by atoms with Crippen LogP contribution in [0, 0.1) is 10.1 Å². The van der Waals surface area contributed by atoms with Gasteiger partial charge in [0.2, 0.25) is 0 Å². The van der Waals surface area contributed by atoms with Crippen molar-refractivity contribution in [3.8, 4) is 0 Å². The number of hydrogen-bond acceptors (Lipinski definition) is 5. The van der Waals surface area contributed by atoms with Gasteiger partial charge in [0.05, 0.1) is 18.1 Å². The quantitative estimate of drug-likeness (QED) is 0.590. The van der Waals surface area contributed by atoms with E-state index in [9.17, 15) is 14.9 Å². The predicted octanol–water partition coefficient (Wildman–Crippen LogP) is 1.81. The zero-order valence-corrected chi connectivity index (χ0v) is 13.1. The van der Waals surface area contributed by atoms with E-state index in [1.54, 1.807) is 31.3 Å². The molecule has 0 radical (unpaired) electrons. The smallest absolute Gasteiger partial charge is 0.270 e. The van der Waals surface area contributed by atoms with Gasteiger partial charge in [0.25, 0.3) is 11.6 Å². The van der Waals surface area contributed by atoms with Crippen LogP contribution in [0.25, 0.3) is 10.9 Å². The minimum absolute atomic E-state index is 0.00822. The highest BCUT2D eigenvalue weighted by Crippen LogP contribution is 2.22. The lowest BCUT2D eigenvalue weighted by Gasteiger charge is -2.21. The molecule has 0 spiro atoms. The molecule has 1 aromatic heterocycles. The molecule has 0 unspecified atom stereocenters. The van der Waals surface area contributed by atoms with Crippen LogP contribution < -0.4 is 0 Å². The van der Waals surface area contributed by atoms with Gasteiger partial charge >= 0.3 is 0 Å². The van der Waals surface area contributed by atoms with E-state index in [-0.39, 0.29) is 11.6 Å². The fourth-order valence-electron chi connectivity index (χ4n) is 2.24. The number of ether oxygens (including phenoxy) is 2. The molecule has 124 valence electrons. The SMILES string of the molecule is COCCN(CCOC)C(=O)c1cc2cc([N+](=O)[O-])ccc2[nH]1. The lowest BCUT2D eigenvalue weighted by Crippen LogP contribution is -2.36. The van der Waals surface area contributed by atoms with Crippen molar-refractivity contribution in [1.29, 1.82) is 0 Å². The number of aromatic nitrogens is 1. The molecule has 8 nitrogen and oxygen atoms in total. The Morgan fingerprint density at radius 3 is 2.43 bits per heavy atom. The number of benzene rings is 1. The van der Waals surface area contributed by atoms with E-state index in [1.807, 2.05) is 0 Å². The third-order valence-electron chi connectivity index (χ3n) is 3.46. The van der Waals surface area contributed by atoms with Crippen molar-refractivity contribution in [3.63, 3.8) is 0 Å².